The minimum absolute atomic E-state index is 0.634. The van der Waals surface area contributed by atoms with Crippen molar-refractivity contribution in [3.8, 4) is 0 Å². The number of rotatable bonds is 6. The van der Waals surface area contributed by atoms with Gasteiger partial charge in [-0.05, 0) is 19.3 Å². The molecule has 102 valence electrons. The Hall–Kier alpha value is -1.59. The third-order valence-electron chi connectivity index (χ3n) is 2.69. The monoisotopic (exact) mass is 252 g/mol. The minimum atomic E-state index is 0.634. The smallest absolute Gasteiger partial charge is 0.191 e. The molecule has 0 spiro atoms. The first-order valence-electron chi connectivity index (χ1n) is 6.48. The molecule has 0 saturated heterocycles. The fourth-order valence-corrected chi connectivity index (χ4v) is 1.54. The summed E-state index contributed by atoms with van der Waals surface area (Å²) in [5.74, 6) is 2.42. The van der Waals surface area contributed by atoms with E-state index in [9.17, 15) is 0 Å². The van der Waals surface area contributed by atoms with Crippen LogP contribution in [0.25, 0.3) is 0 Å². The van der Waals surface area contributed by atoms with Gasteiger partial charge in [-0.3, -0.25) is 4.99 Å². The minimum Gasteiger partial charge on any atom is -0.356 e. The second-order valence-corrected chi connectivity index (χ2v) is 4.57. The molecule has 0 amide bonds. The lowest BCUT2D eigenvalue weighted by Gasteiger charge is -2.12. The summed E-state index contributed by atoms with van der Waals surface area (Å²) in [5.41, 5.74) is 0. The van der Waals surface area contributed by atoms with Crippen LogP contribution in [0, 0.1) is 5.92 Å². The molecule has 0 aliphatic heterocycles. The second-order valence-electron chi connectivity index (χ2n) is 4.57. The summed E-state index contributed by atoms with van der Waals surface area (Å²) < 4.78 is 2.01. The van der Waals surface area contributed by atoms with Crippen LogP contribution in [0.15, 0.2) is 11.3 Å². The molecule has 0 atom stereocenters. The molecule has 0 bridgehead atoms. The number of aromatic nitrogens is 3. The molecule has 0 aliphatic rings. The summed E-state index contributed by atoms with van der Waals surface area (Å²) in [5, 5.41) is 14.5. The van der Waals surface area contributed by atoms with Crippen LogP contribution in [0.2, 0.25) is 0 Å². The number of nitrogens with one attached hydrogen (secondary N) is 2. The van der Waals surface area contributed by atoms with Gasteiger partial charge < -0.3 is 15.2 Å². The largest absolute Gasteiger partial charge is 0.356 e. The van der Waals surface area contributed by atoms with Crippen LogP contribution in [0.1, 0.15) is 33.0 Å². The molecule has 18 heavy (non-hydrogen) atoms. The summed E-state index contributed by atoms with van der Waals surface area (Å²) in [4.78, 5) is 4.18. The van der Waals surface area contributed by atoms with Gasteiger partial charge in [-0.25, -0.2) is 0 Å². The summed E-state index contributed by atoms with van der Waals surface area (Å²) in [6.45, 7) is 8.93. The van der Waals surface area contributed by atoms with E-state index in [1.807, 2.05) is 4.57 Å². The Morgan fingerprint density at radius 3 is 2.83 bits per heavy atom. The lowest BCUT2D eigenvalue weighted by Crippen LogP contribution is -2.38. The summed E-state index contributed by atoms with van der Waals surface area (Å²) in [7, 11) is 1.77. The predicted molar refractivity (Wildman–Crippen MR) is 73.4 cm³/mol. The van der Waals surface area contributed by atoms with Crippen molar-refractivity contribution in [2.45, 2.75) is 40.3 Å². The van der Waals surface area contributed by atoms with E-state index in [0.717, 1.165) is 31.3 Å². The molecule has 0 aliphatic carbocycles. The molecule has 1 aromatic rings. The molecule has 6 heteroatoms. The van der Waals surface area contributed by atoms with Crippen molar-refractivity contribution in [3.63, 3.8) is 0 Å². The highest BCUT2D eigenvalue weighted by Crippen LogP contribution is 1.96. The molecule has 6 nitrogen and oxygen atoms in total. The highest BCUT2D eigenvalue weighted by molar-refractivity contribution is 5.79. The normalized spacial score (nSPS) is 11.9. The van der Waals surface area contributed by atoms with Gasteiger partial charge >= 0.3 is 0 Å². The average molecular weight is 252 g/mol. The van der Waals surface area contributed by atoms with E-state index in [2.05, 4.69) is 46.6 Å². The molecule has 1 heterocycles. The van der Waals surface area contributed by atoms with Crippen molar-refractivity contribution in [2.75, 3.05) is 13.6 Å². The molecular formula is C12H24N6. The van der Waals surface area contributed by atoms with E-state index in [1.165, 1.54) is 0 Å². The SMILES string of the molecule is CCn1cnnc1CNC(=NC)NCCC(C)C. The van der Waals surface area contributed by atoms with Crippen LogP contribution in [-0.4, -0.2) is 34.3 Å². The molecule has 0 radical (unpaired) electrons. The fourth-order valence-electron chi connectivity index (χ4n) is 1.54. The number of hydrogen-bond acceptors (Lipinski definition) is 3. The second kappa shape index (κ2) is 7.68. The third-order valence-corrected chi connectivity index (χ3v) is 2.69. The number of nitrogens with zero attached hydrogens (tertiary/aromatic N) is 4. The Kier molecular flexibility index (Phi) is 6.18. The maximum Gasteiger partial charge on any atom is 0.191 e. The summed E-state index contributed by atoms with van der Waals surface area (Å²) >= 11 is 0. The van der Waals surface area contributed by atoms with Crippen LogP contribution in [0.3, 0.4) is 0 Å². The average Bonchev–Trinajstić information content (AvgIpc) is 2.80. The van der Waals surface area contributed by atoms with Gasteiger partial charge in [0.1, 0.15) is 6.33 Å². The Morgan fingerprint density at radius 1 is 1.44 bits per heavy atom. The van der Waals surface area contributed by atoms with Crippen molar-refractivity contribution in [1.29, 1.82) is 0 Å². The van der Waals surface area contributed by atoms with Crippen LogP contribution >= 0.6 is 0 Å². The molecule has 0 fully saturated rings. The number of guanidine groups is 1. The van der Waals surface area contributed by atoms with Gasteiger partial charge in [0, 0.05) is 20.1 Å². The maximum atomic E-state index is 4.18. The number of hydrogen-bond donors (Lipinski definition) is 2. The van der Waals surface area contributed by atoms with Crippen LogP contribution in [-0.2, 0) is 13.1 Å². The molecule has 1 aromatic heterocycles. The number of aryl methyl sites for hydroxylation is 1. The Labute approximate surface area is 109 Å². The number of aliphatic imine (C=N–C) groups is 1. The highest BCUT2D eigenvalue weighted by Gasteiger charge is 2.04. The predicted octanol–water partition coefficient (Wildman–Crippen LogP) is 1.01. The van der Waals surface area contributed by atoms with Crippen molar-refractivity contribution in [1.82, 2.24) is 25.4 Å². The van der Waals surface area contributed by atoms with Gasteiger partial charge in [0.15, 0.2) is 11.8 Å². The molecular weight excluding hydrogens is 228 g/mol. The van der Waals surface area contributed by atoms with E-state index in [1.54, 1.807) is 13.4 Å². The van der Waals surface area contributed by atoms with Gasteiger partial charge in [0.25, 0.3) is 0 Å². The van der Waals surface area contributed by atoms with Crippen LogP contribution in [0.5, 0.6) is 0 Å². The van der Waals surface area contributed by atoms with E-state index in [-0.39, 0.29) is 0 Å². The first-order valence-corrected chi connectivity index (χ1v) is 6.48. The van der Waals surface area contributed by atoms with E-state index in [0.29, 0.717) is 12.5 Å². The fraction of sp³-hybridized carbons (Fsp3) is 0.750. The molecule has 0 saturated carbocycles. The topological polar surface area (TPSA) is 67.1 Å². The lowest BCUT2D eigenvalue weighted by molar-refractivity contribution is 0.572. The van der Waals surface area contributed by atoms with Gasteiger partial charge in [-0.15, -0.1) is 10.2 Å². The van der Waals surface area contributed by atoms with Crippen LogP contribution < -0.4 is 10.6 Å². The van der Waals surface area contributed by atoms with Crippen molar-refractivity contribution in [3.05, 3.63) is 12.2 Å². The van der Waals surface area contributed by atoms with Gasteiger partial charge in [-0.2, -0.15) is 0 Å². The first-order chi connectivity index (χ1) is 8.67. The summed E-state index contributed by atoms with van der Waals surface area (Å²) in [6.07, 6.45) is 2.87. The van der Waals surface area contributed by atoms with E-state index in [4.69, 9.17) is 0 Å². The Bertz CT molecular complexity index is 368. The summed E-state index contributed by atoms with van der Waals surface area (Å²) in [6, 6.07) is 0. The standard InChI is InChI=1S/C12H24N6/c1-5-18-9-16-17-11(18)8-15-12(13-4)14-7-6-10(2)3/h9-10H,5-8H2,1-4H3,(H2,13,14,15). The van der Waals surface area contributed by atoms with E-state index < -0.39 is 0 Å². The zero-order valence-electron chi connectivity index (χ0n) is 11.8. The van der Waals surface area contributed by atoms with Crippen molar-refractivity contribution in [2.24, 2.45) is 10.9 Å². The van der Waals surface area contributed by atoms with Gasteiger partial charge in [0.05, 0.1) is 6.54 Å². The van der Waals surface area contributed by atoms with Gasteiger partial charge in [-0.1, -0.05) is 13.8 Å². The highest BCUT2D eigenvalue weighted by atomic mass is 15.3. The van der Waals surface area contributed by atoms with E-state index >= 15 is 0 Å². The maximum absolute atomic E-state index is 4.18. The van der Waals surface area contributed by atoms with Crippen molar-refractivity contribution < 1.29 is 0 Å². The third kappa shape index (κ3) is 4.73. The quantitative estimate of drug-likeness (QED) is 0.586. The van der Waals surface area contributed by atoms with Crippen molar-refractivity contribution >= 4 is 5.96 Å². The zero-order chi connectivity index (χ0) is 13.4. The van der Waals surface area contributed by atoms with Crippen LogP contribution in [0.4, 0.5) is 0 Å². The molecule has 2 N–H and O–H groups in total. The molecule has 1 rings (SSSR count). The Morgan fingerprint density at radius 2 is 2.22 bits per heavy atom. The molecule has 0 aromatic carbocycles. The first kappa shape index (κ1) is 14.5. The van der Waals surface area contributed by atoms with Gasteiger partial charge in [0.2, 0.25) is 0 Å². The lowest BCUT2D eigenvalue weighted by atomic mass is 10.1. The zero-order valence-corrected chi connectivity index (χ0v) is 11.8. The molecule has 0 unspecified atom stereocenters. The Balaban J connectivity index is 2.36.